The number of para-hydroxylation sites is 2. The fraction of sp³-hybridized carbons (Fsp3) is 0.133. The number of ether oxygens (including phenoxy) is 1. The van der Waals surface area contributed by atoms with Crippen molar-refractivity contribution >= 4 is 17.5 Å². The monoisotopic (exact) mass is 273 g/mol. The van der Waals surface area contributed by atoms with Crippen LogP contribution in [0.4, 0.5) is 16.2 Å². The molecule has 2 rings (SSSR count). The van der Waals surface area contributed by atoms with Gasteiger partial charge in [-0.25, -0.2) is 9.69 Å². The van der Waals surface area contributed by atoms with E-state index in [4.69, 9.17) is 4.74 Å². The van der Waals surface area contributed by atoms with Crippen LogP contribution >= 0.6 is 0 Å². The van der Waals surface area contributed by atoms with Crippen molar-refractivity contribution in [1.82, 2.24) is 0 Å². The third kappa shape index (κ3) is 2.83. The number of phenolic OH excluding ortho intramolecular Hbond substituents is 2. The minimum Gasteiger partial charge on any atom is -0.508 e. The fourth-order valence-corrected chi connectivity index (χ4v) is 1.79. The minimum atomic E-state index is -0.598. The molecule has 104 valence electrons. The smallest absolute Gasteiger partial charge is 0.419 e. The van der Waals surface area contributed by atoms with Gasteiger partial charge in [-0.1, -0.05) is 12.1 Å². The molecule has 0 aliphatic rings. The number of amides is 1. The maximum absolute atomic E-state index is 12.1. The van der Waals surface area contributed by atoms with Gasteiger partial charge >= 0.3 is 6.09 Å². The molecule has 0 aliphatic carbocycles. The molecule has 1 amide bonds. The van der Waals surface area contributed by atoms with Crippen molar-refractivity contribution in [1.29, 1.82) is 0 Å². The number of nitrogens with zero attached hydrogens (tertiary/aromatic N) is 1. The number of benzene rings is 2. The van der Waals surface area contributed by atoms with Gasteiger partial charge < -0.3 is 14.9 Å². The highest BCUT2D eigenvalue weighted by Crippen LogP contribution is 2.34. The van der Waals surface area contributed by atoms with E-state index in [1.54, 1.807) is 37.3 Å². The highest BCUT2D eigenvalue weighted by Gasteiger charge is 2.21. The summed E-state index contributed by atoms with van der Waals surface area (Å²) < 4.78 is 5.01. The summed E-state index contributed by atoms with van der Waals surface area (Å²) in [6.07, 6.45) is -0.598. The zero-order valence-corrected chi connectivity index (χ0v) is 11.0. The molecule has 0 aromatic heterocycles. The van der Waals surface area contributed by atoms with Gasteiger partial charge in [0.1, 0.15) is 11.5 Å². The van der Waals surface area contributed by atoms with E-state index >= 15 is 0 Å². The van der Waals surface area contributed by atoms with E-state index in [0.29, 0.717) is 11.4 Å². The van der Waals surface area contributed by atoms with Crippen LogP contribution in [0, 0.1) is 0 Å². The zero-order valence-electron chi connectivity index (χ0n) is 11.0. The van der Waals surface area contributed by atoms with Gasteiger partial charge in [-0.3, -0.25) is 0 Å². The molecule has 2 N–H and O–H groups in total. The predicted octanol–water partition coefficient (Wildman–Crippen LogP) is 3.39. The first-order valence-electron chi connectivity index (χ1n) is 6.17. The van der Waals surface area contributed by atoms with Crippen LogP contribution in [0.25, 0.3) is 0 Å². The highest BCUT2D eigenvalue weighted by molar-refractivity contribution is 5.97. The number of phenols is 2. The molecular weight excluding hydrogens is 258 g/mol. The SMILES string of the molecule is CCOC(=O)N(c1ccc(O)cc1)c1ccccc1O. The van der Waals surface area contributed by atoms with Crippen molar-refractivity contribution in [3.8, 4) is 11.5 Å². The molecule has 5 nitrogen and oxygen atoms in total. The Hall–Kier alpha value is -2.69. The van der Waals surface area contributed by atoms with Crippen LogP contribution < -0.4 is 4.90 Å². The summed E-state index contributed by atoms with van der Waals surface area (Å²) in [4.78, 5) is 13.4. The Morgan fingerprint density at radius 3 is 2.35 bits per heavy atom. The number of carbonyl (C=O) groups excluding carboxylic acids is 1. The van der Waals surface area contributed by atoms with Crippen LogP contribution in [0.3, 0.4) is 0 Å². The summed E-state index contributed by atoms with van der Waals surface area (Å²) >= 11 is 0. The average molecular weight is 273 g/mol. The van der Waals surface area contributed by atoms with E-state index in [-0.39, 0.29) is 18.1 Å². The second-order valence-corrected chi connectivity index (χ2v) is 4.04. The summed E-state index contributed by atoms with van der Waals surface area (Å²) in [6, 6.07) is 12.5. The highest BCUT2D eigenvalue weighted by atomic mass is 16.6. The van der Waals surface area contributed by atoms with Gasteiger partial charge in [-0.15, -0.1) is 0 Å². The van der Waals surface area contributed by atoms with E-state index in [1.807, 2.05) is 0 Å². The Morgan fingerprint density at radius 1 is 1.10 bits per heavy atom. The molecule has 20 heavy (non-hydrogen) atoms. The average Bonchev–Trinajstić information content (AvgIpc) is 2.44. The molecule has 0 atom stereocenters. The predicted molar refractivity (Wildman–Crippen MR) is 75.4 cm³/mol. The van der Waals surface area contributed by atoms with Gasteiger partial charge in [0.25, 0.3) is 0 Å². The van der Waals surface area contributed by atoms with Crippen molar-refractivity contribution in [2.75, 3.05) is 11.5 Å². The number of carbonyl (C=O) groups is 1. The first-order valence-corrected chi connectivity index (χ1v) is 6.17. The Bertz CT molecular complexity index is 595. The van der Waals surface area contributed by atoms with Crippen LogP contribution in [0.2, 0.25) is 0 Å². The van der Waals surface area contributed by atoms with Gasteiger partial charge in [0, 0.05) is 0 Å². The summed E-state index contributed by atoms with van der Waals surface area (Å²) in [7, 11) is 0. The summed E-state index contributed by atoms with van der Waals surface area (Å²) in [5.74, 6) is 0.0588. The van der Waals surface area contributed by atoms with Crippen molar-refractivity contribution < 1.29 is 19.7 Å². The van der Waals surface area contributed by atoms with Crippen LogP contribution in [0.15, 0.2) is 48.5 Å². The molecule has 0 spiro atoms. The number of rotatable bonds is 3. The Morgan fingerprint density at radius 2 is 1.75 bits per heavy atom. The molecule has 2 aromatic carbocycles. The van der Waals surface area contributed by atoms with Crippen LogP contribution in [0.5, 0.6) is 11.5 Å². The van der Waals surface area contributed by atoms with Crippen molar-refractivity contribution in [3.63, 3.8) is 0 Å². The Labute approximate surface area is 116 Å². The summed E-state index contributed by atoms with van der Waals surface area (Å²) in [5, 5.41) is 19.2. The third-order valence-electron chi connectivity index (χ3n) is 2.68. The van der Waals surface area contributed by atoms with Gasteiger partial charge in [0.15, 0.2) is 0 Å². The molecule has 2 aromatic rings. The van der Waals surface area contributed by atoms with E-state index in [1.165, 1.54) is 23.1 Å². The number of hydrogen-bond donors (Lipinski definition) is 2. The first kappa shape index (κ1) is 13.7. The molecule has 5 heteroatoms. The molecule has 0 saturated heterocycles. The molecule has 0 unspecified atom stereocenters. The maximum atomic E-state index is 12.1. The lowest BCUT2D eigenvalue weighted by Gasteiger charge is -2.22. The fourth-order valence-electron chi connectivity index (χ4n) is 1.79. The molecule has 0 saturated carbocycles. The van der Waals surface area contributed by atoms with E-state index in [9.17, 15) is 15.0 Å². The van der Waals surface area contributed by atoms with Crippen LogP contribution in [-0.4, -0.2) is 22.9 Å². The van der Waals surface area contributed by atoms with Crippen LogP contribution in [-0.2, 0) is 4.74 Å². The molecule has 0 bridgehead atoms. The molecular formula is C15H15NO4. The topological polar surface area (TPSA) is 70.0 Å². The van der Waals surface area contributed by atoms with Crippen LogP contribution in [0.1, 0.15) is 6.92 Å². The lowest BCUT2D eigenvalue weighted by molar-refractivity contribution is 0.162. The van der Waals surface area contributed by atoms with Gasteiger partial charge in [0.05, 0.1) is 18.0 Å². The molecule has 0 radical (unpaired) electrons. The van der Waals surface area contributed by atoms with Gasteiger partial charge in [-0.2, -0.15) is 0 Å². The summed E-state index contributed by atoms with van der Waals surface area (Å²) in [5.41, 5.74) is 0.805. The largest absolute Gasteiger partial charge is 0.508 e. The number of hydrogen-bond acceptors (Lipinski definition) is 4. The maximum Gasteiger partial charge on any atom is 0.419 e. The second kappa shape index (κ2) is 5.97. The molecule has 0 fully saturated rings. The van der Waals surface area contributed by atoms with Gasteiger partial charge in [0.2, 0.25) is 0 Å². The van der Waals surface area contributed by atoms with E-state index < -0.39 is 6.09 Å². The normalized spacial score (nSPS) is 10.1. The van der Waals surface area contributed by atoms with E-state index in [0.717, 1.165) is 0 Å². The van der Waals surface area contributed by atoms with Crippen molar-refractivity contribution in [2.24, 2.45) is 0 Å². The van der Waals surface area contributed by atoms with Crippen molar-refractivity contribution in [3.05, 3.63) is 48.5 Å². The lowest BCUT2D eigenvalue weighted by atomic mass is 10.2. The quantitative estimate of drug-likeness (QED) is 0.899. The number of anilines is 2. The van der Waals surface area contributed by atoms with E-state index in [2.05, 4.69) is 0 Å². The van der Waals surface area contributed by atoms with Crippen molar-refractivity contribution in [2.45, 2.75) is 6.92 Å². The van der Waals surface area contributed by atoms with Gasteiger partial charge in [-0.05, 0) is 43.3 Å². The third-order valence-corrected chi connectivity index (χ3v) is 2.68. The lowest BCUT2D eigenvalue weighted by Crippen LogP contribution is -2.26. The second-order valence-electron chi connectivity index (χ2n) is 4.04. The summed E-state index contributed by atoms with van der Waals surface area (Å²) in [6.45, 7) is 1.93. The molecule has 0 aliphatic heterocycles. The zero-order chi connectivity index (χ0) is 14.5. The standard InChI is InChI=1S/C15H15NO4/c1-2-20-15(19)16(11-7-9-12(17)10-8-11)13-5-3-4-6-14(13)18/h3-10,17-18H,2H2,1H3. The Kier molecular flexibility index (Phi) is 4.10. The Balaban J connectivity index is 2.47. The number of aromatic hydroxyl groups is 2. The minimum absolute atomic E-state index is 0.0337. The molecule has 0 heterocycles. The first-order chi connectivity index (χ1) is 9.63.